The Morgan fingerprint density at radius 3 is 2.17 bits per heavy atom. The Hall–Kier alpha value is -3.39. The molecule has 0 aromatic heterocycles. The molecule has 0 aliphatic heterocycles. The molecule has 0 fully saturated rings. The lowest BCUT2D eigenvalue weighted by Gasteiger charge is -2.14. The number of hydrogen-bond donors (Lipinski definition) is 3. The third-order valence-corrected chi connectivity index (χ3v) is 4.53. The monoisotopic (exact) mass is 398 g/mol. The van der Waals surface area contributed by atoms with E-state index in [0.717, 1.165) is 22.3 Å². The number of carboxylic acid groups (broad SMARTS) is 1. The van der Waals surface area contributed by atoms with Gasteiger partial charge in [0.25, 0.3) is 0 Å². The maximum absolute atomic E-state index is 12.0. The fourth-order valence-corrected chi connectivity index (χ4v) is 3.29. The van der Waals surface area contributed by atoms with Crippen molar-refractivity contribution in [1.29, 1.82) is 0 Å². The molecule has 8 nitrogen and oxygen atoms in total. The topological polar surface area (TPSA) is 114 Å². The van der Waals surface area contributed by atoms with E-state index in [-0.39, 0.29) is 32.2 Å². The second-order valence-corrected chi connectivity index (χ2v) is 6.48. The molecule has 2 aromatic carbocycles. The minimum absolute atomic E-state index is 0.0478. The number of ether oxygens (including phenoxy) is 2. The zero-order valence-corrected chi connectivity index (χ0v) is 15.7. The Labute approximate surface area is 167 Å². The van der Waals surface area contributed by atoms with E-state index in [1.54, 1.807) is 0 Å². The van der Waals surface area contributed by atoms with Gasteiger partial charge in [0.1, 0.15) is 13.2 Å². The summed E-state index contributed by atoms with van der Waals surface area (Å²) in [4.78, 5) is 33.9. The number of hydrogen-bond acceptors (Lipinski definition) is 5. The van der Waals surface area contributed by atoms with Gasteiger partial charge >= 0.3 is 12.1 Å². The molecule has 1 aliphatic carbocycles. The van der Waals surface area contributed by atoms with E-state index in [2.05, 4.69) is 22.8 Å². The fraction of sp³-hybridized carbons (Fsp3) is 0.286. The summed E-state index contributed by atoms with van der Waals surface area (Å²) in [5.74, 6) is -1.54. The second-order valence-electron chi connectivity index (χ2n) is 6.48. The predicted molar refractivity (Wildman–Crippen MR) is 105 cm³/mol. The number of nitrogens with one attached hydrogen (secondary N) is 2. The first kappa shape index (κ1) is 20.3. The summed E-state index contributed by atoms with van der Waals surface area (Å²) in [5, 5.41) is 13.3. The third-order valence-electron chi connectivity index (χ3n) is 4.53. The molecule has 3 rings (SSSR count). The number of rotatable bonds is 9. The summed E-state index contributed by atoms with van der Waals surface area (Å²) in [7, 11) is 0. The highest BCUT2D eigenvalue weighted by atomic mass is 16.5. The molecule has 0 saturated heterocycles. The Bertz CT molecular complexity index is 853. The predicted octanol–water partition coefficient (Wildman–Crippen LogP) is 1.74. The molecule has 0 bridgehead atoms. The molecule has 0 spiro atoms. The van der Waals surface area contributed by atoms with E-state index in [4.69, 9.17) is 14.6 Å². The number of carboxylic acids is 1. The number of amides is 2. The van der Waals surface area contributed by atoms with Crippen LogP contribution in [0.25, 0.3) is 11.1 Å². The summed E-state index contributed by atoms with van der Waals surface area (Å²) in [6.45, 7) is -0.268. The largest absolute Gasteiger partial charge is 0.480 e. The van der Waals surface area contributed by atoms with Gasteiger partial charge in [-0.2, -0.15) is 0 Å². The Balaban J connectivity index is 1.43. The third kappa shape index (κ3) is 5.32. The van der Waals surface area contributed by atoms with E-state index in [1.165, 1.54) is 0 Å². The standard InChI is InChI=1S/C21H22N2O6/c24-19(22-9-10-28-13-20(25)26)11-23-21(27)29-12-18-16-7-3-1-5-14(16)15-6-2-4-8-17(15)18/h1-8,18H,9-13H2,(H,22,24)(H,23,27)(H,25,26). The van der Waals surface area contributed by atoms with Gasteiger partial charge in [-0.1, -0.05) is 48.5 Å². The maximum atomic E-state index is 12.0. The van der Waals surface area contributed by atoms with Crippen molar-refractivity contribution in [2.75, 3.05) is 32.9 Å². The lowest BCUT2D eigenvalue weighted by atomic mass is 9.98. The van der Waals surface area contributed by atoms with Crippen LogP contribution >= 0.6 is 0 Å². The van der Waals surface area contributed by atoms with Gasteiger partial charge in [0.15, 0.2) is 0 Å². The molecule has 1 aliphatic rings. The molecule has 152 valence electrons. The average molecular weight is 398 g/mol. The van der Waals surface area contributed by atoms with Crippen LogP contribution in [0.1, 0.15) is 17.0 Å². The molecule has 0 atom stereocenters. The van der Waals surface area contributed by atoms with E-state index in [1.807, 2.05) is 36.4 Å². The Kier molecular flexibility index (Phi) is 6.80. The van der Waals surface area contributed by atoms with Crippen molar-refractivity contribution in [2.45, 2.75) is 5.92 Å². The second kappa shape index (κ2) is 9.70. The quantitative estimate of drug-likeness (QED) is 0.555. The average Bonchev–Trinajstić information content (AvgIpc) is 3.04. The van der Waals surface area contributed by atoms with E-state index in [0.29, 0.717) is 0 Å². The Morgan fingerprint density at radius 1 is 0.931 bits per heavy atom. The van der Waals surface area contributed by atoms with Crippen LogP contribution in [0.2, 0.25) is 0 Å². The van der Waals surface area contributed by atoms with Gasteiger partial charge < -0.3 is 25.2 Å². The normalized spacial score (nSPS) is 12.0. The zero-order chi connectivity index (χ0) is 20.6. The molecule has 0 radical (unpaired) electrons. The Morgan fingerprint density at radius 2 is 1.55 bits per heavy atom. The smallest absolute Gasteiger partial charge is 0.407 e. The van der Waals surface area contributed by atoms with E-state index < -0.39 is 24.6 Å². The van der Waals surface area contributed by atoms with Gasteiger partial charge in [-0.15, -0.1) is 0 Å². The van der Waals surface area contributed by atoms with Gasteiger partial charge in [-0.3, -0.25) is 4.79 Å². The minimum atomic E-state index is -1.08. The molecule has 8 heteroatoms. The number of fused-ring (bicyclic) bond motifs is 3. The van der Waals surface area contributed by atoms with Crippen molar-refractivity contribution in [3.63, 3.8) is 0 Å². The van der Waals surface area contributed by atoms with Gasteiger partial charge in [-0.25, -0.2) is 9.59 Å². The minimum Gasteiger partial charge on any atom is -0.480 e. The summed E-state index contributed by atoms with van der Waals surface area (Å²) < 4.78 is 10.1. The number of carbonyl (C=O) groups excluding carboxylic acids is 2. The molecular weight excluding hydrogens is 376 g/mol. The molecule has 3 N–H and O–H groups in total. The highest BCUT2D eigenvalue weighted by molar-refractivity contribution is 5.82. The first-order valence-corrected chi connectivity index (χ1v) is 9.21. The SMILES string of the molecule is O=C(O)COCCNC(=O)CNC(=O)OCC1c2ccccc2-c2ccccc21. The molecule has 29 heavy (non-hydrogen) atoms. The van der Waals surface area contributed by atoms with Crippen LogP contribution in [0.4, 0.5) is 4.79 Å². The molecule has 0 saturated carbocycles. The number of carbonyl (C=O) groups is 3. The van der Waals surface area contributed by atoms with Crippen molar-refractivity contribution in [1.82, 2.24) is 10.6 Å². The molecule has 2 amide bonds. The summed E-state index contributed by atoms with van der Waals surface area (Å²) in [6, 6.07) is 16.1. The van der Waals surface area contributed by atoms with Crippen molar-refractivity contribution >= 4 is 18.0 Å². The van der Waals surface area contributed by atoms with Crippen molar-refractivity contribution in [3.05, 3.63) is 59.7 Å². The van der Waals surface area contributed by atoms with E-state index >= 15 is 0 Å². The van der Waals surface area contributed by atoms with Gasteiger partial charge in [-0.05, 0) is 22.3 Å². The lowest BCUT2D eigenvalue weighted by Crippen LogP contribution is -2.38. The van der Waals surface area contributed by atoms with Crippen molar-refractivity contribution in [3.8, 4) is 11.1 Å². The lowest BCUT2D eigenvalue weighted by molar-refractivity contribution is -0.142. The molecular formula is C21H22N2O6. The number of alkyl carbamates (subject to hydrolysis) is 1. The maximum Gasteiger partial charge on any atom is 0.407 e. The van der Waals surface area contributed by atoms with Crippen LogP contribution in [-0.4, -0.2) is 56.0 Å². The first-order chi connectivity index (χ1) is 14.1. The van der Waals surface area contributed by atoms with Crippen molar-refractivity contribution in [2.24, 2.45) is 0 Å². The number of benzene rings is 2. The van der Waals surface area contributed by atoms with Crippen molar-refractivity contribution < 1.29 is 29.0 Å². The van der Waals surface area contributed by atoms with Crippen LogP contribution in [0.15, 0.2) is 48.5 Å². The van der Waals surface area contributed by atoms with Gasteiger partial charge in [0.05, 0.1) is 13.2 Å². The molecule has 0 heterocycles. The number of aliphatic carboxylic acids is 1. The van der Waals surface area contributed by atoms with Crippen LogP contribution in [0.5, 0.6) is 0 Å². The van der Waals surface area contributed by atoms with Gasteiger partial charge in [0, 0.05) is 12.5 Å². The fourth-order valence-electron chi connectivity index (χ4n) is 3.29. The molecule has 0 unspecified atom stereocenters. The highest BCUT2D eigenvalue weighted by Gasteiger charge is 2.28. The summed E-state index contributed by atoms with van der Waals surface area (Å²) in [5.41, 5.74) is 4.50. The molecule has 2 aromatic rings. The van der Waals surface area contributed by atoms with Gasteiger partial charge in [0.2, 0.25) is 5.91 Å². The summed E-state index contributed by atoms with van der Waals surface area (Å²) >= 11 is 0. The summed E-state index contributed by atoms with van der Waals surface area (Å²) in [6.07, 6.45) is -0.677. The van der Waals surface area contributed by atoms with Crippen LogP contribution in [0.3, 0.4) is 0 Å². The van der Waals surface area contributed by atoms with Crippen LogP contribution in [-0.2, 0) is 19.1 Å². The van der Waals surface area contributed by atoms with E-state index in [9.17, 15) is 14.4 Å². The van der Waals surface area contributed by atoms with Crippen LogP contribution in [0, 0.1) is 0 Å². The highest BCUT2D eigenvalue weighted by Crippen LogP contribution is 2.44. The van der Waals surface area contributed by atoms with Crippen LogP contribution < -0.4 is 10.6 Å². The first-order valence-electron chi connectivity index (χ1n) is 9.21. The zero-order valence-electron chi connectivity index (χ0n) is 15.7.